The van der Waals surface area contributed by atoms with E-state index < -0.39 is 0 Å². The molecule has 0 saturated carbocycles. The average molecular weight is 680 g/mol. The molecule has 6 aromatic carbocycles. The molecule has 252 valence electrons. The van der Waals surface area contributed by atoms with Crippen LogP contribution >= 0.6 is 0 Å². The maximum atomic E-state index is 5.06. The molecular formula is C50H37N3. The molecule has 0 fully saturated rings. The molecule has 0 bridgehead atoms. The third-order valence-electron chi connectivity index (χ3n) is 10.2. The van der Waals surface area contributed by atoms with Gasteiger partial charge in [0.2, 0.25) is 0 Å². The normalized spacial score (nSPS) is 11.3. The van der Waals surface area contributed by atoms with Crippen LogP contribution in [-0.4, -0.2) is 15.0 Å². The summed E-state index contributed by atoms with van der Waals surface area (Å²) < 4.78 is 0. The van der Waals surface area contributed by atoms with E-state index in [4.69, 9.17) is 15.0 Å². The second-order valence-electron chi connectivity index (χ2n) is 13.9. The monoisotopic (exact) mass is 679 g/mol. The third-order valence-corrected chi connectivity index (χ3v) is 10.2. The molecule has 0 spiro atoms. The third kappa shape index (κ3) is 5.96. The first-order chi connectivity index (χ1) is 26.0. The standard InChI is InChI=1S/C50H37N3/c1-32-16-19-38(44(28-32)48-39-13-7-4-10-35(39)22-25-51-48)31-45(42-20-17-33(2)29-46(42)49-40-14-8-5-11-36(40)23-26-52-49)43-21-18-34(3)30-47(43)50-41-15-9-6-12-37(41)24-27-53-50/h4-31H,1-3H3. The van der Waals surface area contributed by atoms with Crippen molar-refractivity contribution in [2.75, 3.05) is 0 Å². The van der Waals surface area contributed by atoms with Crippen molar-refractivity contribution in [2.45, 2.75) is 20.8 Å². The lowest BCUT2D eigenvalue weighted by Gasteiger charge is -2.20. The fourth-order valence-corrected chi connectivity index (χ4v) is 7.64. The lowest BCUT2D eigenvalue weighted by molar-refractivity contribution is 1.32. The Morgan fingerprint density at radius 1 is 0.396 bits per heavy atom. The summed E-state index contributed by atoms with van der Waals surface area (Å²) in [7, 11) is 0. The largest absolute Gasteiger partial charge is 0.256 e. The molecule has 3 heterocycles. The lowest BCUT2D eigenvalue weighted by atomic mass is 9.84. The van der Waals surface area contributed by atoms with Gasteiger partial charge >= 0.3 is 0 Å². The van der Waals surface area contributed by atoms with Crippen molar-refractivity contribution in [1.82, 2.24) is 15.0 Å². The van der Waals surface area contributed by atoms with Crippen molar-refractivity contribution in [2.24, 2.45) is 0 Å². The van der Waals surface area contributed by atoms with Gasteiger partial charge in [-0.2, -0.15) is 0 Å². The van der Waals surface area contributed by atoms with Crippen LogP contribution in [0.25, 0.3) is 77.7 Å². The number of benzene rings is 6. The Kier molecular flexibility index (Phi) is 8.17. The van der Waals surface area contributed by atoms with Gasteiger partial charge in [0.1, 0.15) is 0 Å². The molecule has 0 amide bonds. The number of hydrogen-bond donors (Lipinski definition) is 0. The van der Waals surface area contributed by atoms with Crippen LogP contribution in [0.2, 0.25) is 0 Å². The Labute approximate surface area is 310 Å². The number of aryl methyl sites for hydroxylation is 3. The van der Waals surface area contributed by atoms with Gasteiger partial charge in [0, 0.05) is 51.4 Å². The van der Waals surface area contributed by atoms with Crippen LogP contribution in [-0.2, 0) is 0 Å². The van der Waals surface area contributed by atoms with E-state index in [0.29, 0.717) is 0 Å². The summed E-state index contributed by atoms with van der Waals surface area (Å²) in [6.45, 7) is 6.46. The number of nitrogens with zero attached hydrogens (tertiary/aromatic N) is 3. The van der Waals surface area contributed by atoms with E-state index in [1.807, 2.05) is 18.6 Å². The molecule has 3 aromatic heterocycles. The average Bonchev–Trinajstić information content (AvgIpc) is 3.20. The quantitative estimate of drug-likeness (QED) is 0.164. The van der Waals surface area contributed by atoms with Crippen molar-refractivity contribution in [3.8, 4) is 33.8 Å². The summed E-state index contributed by atoms with van der Waals surface area (Å²) in [5, 5.41) is 6.86. The molecule has 9 aromatic rings. The Bertz CT molecular complexity index is 2740. The highest BCUT2D eigenvalue weighted by molar-refractivity contribution is 6.07. The van der Waals surface area contributed by atoms with Crippen molar-refractivity contribution in [1.29, 1.82) is 0 Å². The first kappa shape index (κ1) is 32.2. The molecule has 3 heteroatoms. The van der Waals surface area contributed by atoms with Gasteiger partial charge in [-0.15, -0.1) is 0 Å². The van der Waals surface area contributed by atoms with Gasteiger partial charge in [0.25, 0.3) is 0 Å². The van der Waals surface area contributed by atoms with E-state index >= 15 is 0 Å². The molecule has 0 aliphatic heterocycles. The smallest absolute Gasteiger partial charge is 0.0786 e. The predicted octanol–water partition coefficient (Wildman–Crippen LogP) is 12.8. The van der Waals surface area contributed by atoms with E-state index in [1.54, 1.807) is 0 Å². The Morgan fingerprint density at radius 3 is 1.23 bits per heavy atom. The van der Waals surface area contributed by atoms with Crippen LogP contribution in [0.5, 0.6) is 0 Å². The minimum atomic E-state index is 0.962. The van der Waals surface area contributed by atoms with Gasteiger partial charge in [-0.3, -0.25) is 15.0 Å². The van der Waals surface area contributed by atoms with E-state index in [0.717, 1.165) is 83.0 Å². The summed E-state index contributed by atoms with van der Waals surface area (Å²) in [5.74, 6) is 0. The minimum absolute atomic E-state index is 0.962. The summed E-state index contributed by atoms with van der Waals surface area (Å²) in [6, 6.07) is 52.0. The van der Waals surface area contributed by atoms with Crippen LogP contribution in [0, 0.1) is 20.8 Å². The van der Waals surface area contributed by atoms with Crippen LogP contribution in [0.4, 0.5) is 0 Å². The predicted molar refractivity (Wildman–Crippen MR) is 223 cm³/mol. The Balaban J connectivity index is 1.39. The zero-order valence-electron chi connectivity index (χ0n) is 30.0. The number of aromatic nitrogens is 3. The molecule has 0 aliphatic carbocycles. The van der Waals surface area contributed by atoms with Crippen molar-refractivity contribution in [3.63, 3.8) is 0 Å². The fraction of sp³-hybridized carbons (Fsp3) is 0.0600. The highest BCUT2D eigenvalue weighted by Gasteiger charge is 2.21. The molecule has 3 nitrogen and oxygen atoms in total. The van der Waals surface area contributed by atoms with Crippen LogP contribution in [0.3, 0.4) is 0 Å². The second-order valence-corrected chi connectivity index (χ2v) is 13.9. The van der Waals surface area contributed by atoms with Crippen molar-refractivity contribution < 1.29 is 0 Å². The second kappa shape index (κ2) is 13.4. The summed E-state index contributed by atoms with van der Waals surface area (Å²) >= 11 is 0. The minimum Gasteiger partial charge on any atom is -0.256 e. The maximum Gasteiger partial charge on any atom is 0.0786 e. The summed E-state index contributed by atoms with van der Waals surface area (Å²) in [5.41, 5.74) is 14.1. The highest BCUT2D eigenvalue weighted by Crippen LogP contribution is 2.42. The number of fused-ring (bicyclic) bond motifs is 3. The van der Waals surface area contributed by atoms with Gasteiger partial charge in [0.15, 0.2) is 0 Å². The Morgan fingerprint density at radius 2 is 0.774 bits per heavy atom. The number of hydrogen-bond acceptors (Lipinski definition) is 3. The molecule has 0 aliphatic rings. The topological polar surface area (TPSA) is 38.7 Å². The van der Waals surface area contributed by atoms with Gasteiger partial charge in [-0.25, -0.2) is 0 Å². The highest BCUT2D eigenvalue weighted by atomic mass is 14.7. The number of pyridine rings is 3. The maximum absolute atomic E-state index is 5.06. The molecule has 9 rings (SSSR count). The van der Waals surface area contributed by atoms with Gasteiger partial charge in [-0.05, 0) is 102 Å². The Hall–Kier alpha value is -6.71. The van der Waals surface area contributed by atoms with Crippen LogP contribution < -0.4 is 0 Å². The van der Waals surface area contributed by atoms with E-state index in [9.17, 15) is 0 Å². The van der Waals surface area contributed by atoms with Gasteiger partial charge < -0.3 is 0 Å². The fourth-order valence-electron chi connectivity index (χ4n) is 7.64. The van der Waals surface area contributed by atoms with Gasteiger partial charge in [-0.1, -0.05) is 126 Å². The van der Waals surface area contributed by atoms with E-state index in [1.165, 1.54) is 22.1 Å². The van der Waals surface area contributed by atoms with E-state index in [-0.39, 0.29) is 0 Å². The molecule has 0 unspecified atom stereocenters. The number of rotatable bonds is 6. The first-order valence-electron chi connectivity index (χ1n) is 18.1. The van der Waals surface area contributed by atoms with Crippen molar-refractivity contribution in [3.05, 3.63) is 198 Å². The SMILES string of the molecule is Cc1ccc(C=C(c2ccc(C)cc2-c2nccc3ccccc23)c2ccc(C)cc2-c2nccc3ccccc23)c(-c2nccc3ccccc23)c1. The zero-order chi connectivity index (χ0) is 35.9. The lowest BCUT2D eigenvalue weighted by Crippen LogP contribution is -2.00. The van der Waals surface area contributed by atoms with Crippen LogP contribution in [0.15, 0.2) is 164 Å². The molecule has 0 atom stereocenters. The molecule has 0 radical (unpaired) electrons. The first-order valence-corrected chi connectivity index (χ1v) is 18.1. The summed E-state index contributed by atoms with van der Waals surface area (Å²) in [4.78, 5) is 15.1. The zero-order valence-corrected chi connectivity index (χ0v) is 30.0. The molecule has 0 saturated heterocycles. The van der Waals surface area contributed by atoms with Crippen molar-refractivity contribution >= 4 is 44.0 Å². The van der Waals surface area contributed by atoms with Crippen LogP contribution in [0.1, 0.15) is 33.4 Å². The molecule has 0 N–H and O–H groups in total. The van der Waals surface area contributed by atoms with Gasteiger partial charge in [0.05, 0.1) is 17.1 Å². The molecular weight excluding hydrogens is 643 g/mol. The molecule has 53 heavy (non-hydrogen) atoms. The van der Waals surface area contributed by atoms with E-state index in [2.05, 4.69) is 172 Å². The summed E-state index contributed by atoms with van der Waals surface area (Å²) in [6.07, 6.45) is 8.13.